The summed E-state index contributed by atoms with van der Waals surface area (Å²) in [4.78, 5) is 3.68. The van der Waals surface area contributed by atoms with Gasteiger partial charge in [0.2, 0.25) is 0 Å². The van der Waals surface area contributed by atoms with E-state index in [0.717, 1.165) is 0 Å². The molecule has 3 heteroatoms. The molecule has 0 bridgehead atoms. The van der Waals surface area contributed by atoms with Crippen molar-refractivity contribution in [2.45, 2.75) is 0 Å². The van der Waals surface area contributed by atoms with E-state index in [9.17, 15) is 0 Å². The predicted molar refractivity (Wildman–Crippen MR) is 31.4 cm³/mol. The first-order valence-electron chi connectivity index (χ1n) is 2.22. The molecule has 0 amide bonds. The number of nitrogens with one attached hydrogen (secondary N) is 1. The Morgan fingerprint density at radius 2 is 2.38 bits per heavy atom. The molecule has 0 aromatic carbocycles. The highest BCUT2D eigenvalue weighted by atomic mass is 14.7. The second-order valence-corrected chi connectivity index (χ2v) is 1.46. The lowest BCUT2D eigenvalue weighted by Crippen LogP contribution is -1.86. The molecule has 0 saturated heterocycles. The largest absolute Gasteiger partial charge is 0.397 e. The Kier molecular flexibility index (Phi) is 1.04. The van der Waals surface area contributed by atoms with E-state index in [2.05, 4.69) is 4.98 Å². The van der Waals surface area contributed by atoms with Crippen LogP contribution < -0.4 is 11.5 Å². The van der Waals surface area contributed by atoms with E-state index in [1.54, 1.807) is 12.3 Å². The third-order valence-corrected chi connectivity index (χ3v) is 0.855. The van der Waals surface area contributed by atoms with Gasteiger partial charge in [-0.25, -0.2) is 0 Å². The van der Waals surface area contributed by atoms with Gasteiger partial charge in [-0.05, 0) is 6.07 Å². The molecule has 0 aliphatic rings. The van der Waals surface area contributed by atoms with Crippen LogP contribution in [-0.2, 0) is 0 Å². The second-order valence-electron chi connectivity index (χ2n) is 1.46. The molecule has 0 spiro atoms. The SMILES string of the molecule is [NH]c1cnccc1N. The highest BCUT2D eigenvalue weighted by Gasteiger charge is 1.87. The monoisotopic (exact) mass is 108 g/mol. The minimum atomic E-state index is 0.285. The number of nitrogens with two attached hydrogens (primary N) is 1. The van der Waals surface area contributed by atoms with Crippen molar-refractivity contribution in [3.8, 4) is 0 Å². The summed E-state index contributed by atoms with van der Waals surface area (Å²) in [6.07, 6.45) is 2.97. The lowest BCUT2D eigenvalue weighted by Gasteiger charge is -1.91. The van der Waals surface area contributed by atoms with Crippen molar-refractivity contribution in [1.82, 2.24) is 10.7 Å². The minimum absolute atomic E-state index is 0.285. The lowest BCUT2D eigenvalue weighted by atomic mass is 10.4. The molecule has 3 nitrogen and oxygen atoms in total. The third kappa shape index (κ3) is 0.703. The first-order valence-corrected chi connectivity index (χ1v) is 2.22. The number of nitrogen functional groups attached to an aromatic ring is 1. The molecular formula is C5H6N3. The maximum Gasteiger partial charge on any atom is 0.0952 e. The summed E-state index contributed by atoms with van der Waals surface area (Å²) in [5, 5.41) is 0. The maximum atomic E-state index is 7.03. The highest BCUT2D eigenvalue weighted by molar-refractivity contribution is 5.57. The zero-order chi connectivity index (χ0) is 5.98. The Morgan fingerprint density at radius 3 is 2.75 bits per heavy atom. The lowest BCUT2D eigenvalue weighted by molar-refractivity contribution is 1.30. The average Bonchev–Trinajstić information content (AvgIpc) is 1.77. The van der Waals surface area contributed by atoms with Gasteiger partial charge < -0.3 is 5.73 Å². The van der Waals surface area contributed by atoms with Gasteiger partial charge in [-0.2, -0.15) is 0 Å². The molecule has 0 aliphatic carbocycles. The Morgan fingerprint density at radius 1 is 1.62 bits per heavy atom. The van der Waals surface area contributed by atoms with Crippen LogP contribution in [-0.4, -0.2) is 4.98 Å². The van der Waals surface area contributed by atoms with Crippen LogP contribution in [0, 0.1) is 0 Å². The van der Waals surface area contributed by atoms with Crippen molar-refractivity contribution >= 4 is 11.4 Å². The zero-order valence-corrected chi connectivity index (χ0v) is 4.26. The van der Waals surface area contributed by atoms with Crippen LogP contribution >= 0.6 is 0 Å². The standard InChI is InChI=1S/C5H6N3/c6-4-1-2-8-3-5(4)7/h1-3,7H,(H2,6,8). The summed E-state index contributed by atoms with van der Waals surface area (Å²) in [7, 11) is 0. The van der Waals surface area contributed by atoms with Gasteiger partial charge in [-0.1, -0.05) is 0 Å². The quantitative estimate of drug-likeness (QED) is 0.528. The van der Waals surface area contributed by atoms with Crippen LogP contribution in [0.25, 0.3) is 0 Å². The van der Waals surface area contributed by atoms with Crippen LogP contribution in [0.15, 0.2) is 18.5 Å². The van der Waals surface area contributed by atoms with Crippen LogP contribution in [0.3, 0.4) is 0 Å². The number of hydrogen-bond donors (Lipinski definition) is 1. The summed E-state index contributed by atoms with van der Waals surface area (Å²) in [5.41, 5.74) is 13.1. The first kappa shape index (κ1) is 4.90. The van der Waals surface area contributed by atoms with E-state index < -0.39 is 0 Å². The molecule has 0 fully saturated rings. The Bertz CT molecular complexity index is 164. The van der Waals surface area contributed by atoms with Gasteiger partial charge in [-0.3, -0.25) is 10.7 Å². The summed E-state index contributed by atoms with van der Waals surface area (Å²) in [6, 6.07) is 1.60. The molecule has 3 N–H and O–H groups in total. The number of hydrogen-bond acceptors (Lipinski definition) is 2. The molecule has 0 atom stereocenters. The molecule has 1 rings (SSSR count). The smallest absolute Gasteiger partial charge is 0.0952 e. The van der Waals surface area contributed by atoms with E-state index in [1.165, 1.54) is 6.20 Å². The number of aromatic nitrogens is 1. The van der Waals surface area contributed by atoms with Crippen molar-refractivity contribution in [3.05, 3.63) is 18.5 Å². The number of rotatable bonds is 0. The fourth-order valence-electron chi connectivity index (χ4n) is 0.405. The summed E-state index contributed by atoms with van der Waals surface area (Å²) < 4.78 is 0. The van der Waals surface area contributed by atoms with Crippen molar-refractivity contribution in [1.29, 1.82) is 0 Å². The van der Waals surface area contributed by atoms with Gasteiger partial charge in [0.15, 0.2) is 0 Å². The van der Waals surface area contributed by atoms with E-state index >= 15 is 0 Å². The van der Waals surface area contributed by atoms with Crippen LogP contribution in [0.4, 0.5) is 11.4 Å². The molecule has 0 unspecified atom stereocenters. The molecule has 1 radical (unpaired) electrons. The molecule has 8 heavy (non-hydrogen) atoms. The number of anilines is 1. The number of nitrogens with zero attached hydrogens (tertiary/aromatic N) is 1. The maximum absolute atomic E-state index is 7.03. The van der Waals surface area contributed by atoms with E-state index in [-0.39, 0.29) is 5.69 Å². The first-order chi connectivity index (χ1) is 3.80. The van der Waals surface area contributed by atoms with Crippen molar-refractivity contribution in [2.75, 3.05) is 5.73 Å². The fraction of sp³-hybridized carbons (Fsp3) is 0. The van der Waals surface area contributed by atoms with Gasteiger partial charge in [0.05, 0.1) is 17.6 Å². The summed E-state index contributed by atoms with van der Waals surface area (Å²) in [6.45, 7) is 0. The van der Waals surface area contributed by atoms with Crippen LogP contribution in [0.5, 0.6) is 0 Å². The molecule has 1 aromatic rings. The van der Waals surface area contributed by atoms with Gasteiger partial charge in [0.25, 0.3) is 0 Å². The van der Waals surface area contributed by atoms with Gasteiger partial charge >= 0.3 is 0 Å². The van der Waals surface area contributed by atoms with Gasteiger partial charge in [0.1, 0.15) is 0 Å². The van der Waals surface area contributed by atoms with Crippen LogP contribution in [0.1, 0.15) is 0 Å². The molecular weight excluding hydrogens is 102 g/mol. The van der Waals surface area contributed by atoms with Crippen LogP contribution in [0.2, 0.25) is 0 Å². The van der Waals surface area contributed by atoms with E-state index in [4.69, 9.17) is 11.5 Å². The van der Waals surface area contributed by atoms with E-state index in [0.29, 0.717) is 5.69 Å². The predicted octanol–water partition coefficient (Wildman–Crippen LogP) is 0.578. The normalized spacial score (nSPS) is 9.00. The van der Waals surface area contributed by atoms with Crippen molar-refractivity contribution < 1.29 is 0 Å². The Labute approximate surface area is 47.3 Å². The van der Waals surface area contributed by atoms with Crippen molar-refractivity contribution in [3.63, 3.8) is 0 Å². The summed E-state index contributed by atoms with van der Waals surface area (Å²) in [5.74, 6) is 0. The highest BCUT2D eigenvalue weighted by Crippen LogP contribution is 2.10. The molecule has 1 heterocycles. The third-order valence-electron chi connectivity index (χ3n) is 0.855. The molecule has 0 saturated carbocycles. The van der Waals surface area contributed by atoms with E-state index in [1.807, 2.05) is 0 Å². The molecule has 0 aliphatic heterocycles. The Balaban J connectivity index is 3.13. The second kappa shape index (κ2) is 1.69. The molecule has 1 aromatic heterocycles. The minimum Gasteiger partial charge on any atom is -0.397 e. The zero-order valence-electron chi connectivity index (χ0n) is 4.26. The molecule has 41 valence electrons. The van der Waals surface area contributed by atoms with Gasteiger partial charge in [0, 0.05) is 6.20 Å². The topological polar surface area (TPSA) is 62.7 Å². The fourth-order valence-corrected chi connectivity index (χ4v) is 0.405. The Hall–Kier alpha value is -1.25. The van der Waals surface area contributed by atoms with Crippen molar-refractivity contribution in [2.24, 2.45) is 0 Å². The summed E-state index contributed by atoms with van der Waals surface area (Å²) >= 11 is 0. The van der Waals surface area contributed by atoms with Gasteiger partial charge in [-0.15, -0.1) is 0 Å². The number of pyridine rings is 1. The average molecular weight is 108 g/mol.